The Hall–Kier alpha value is -3.59. The molecule has 2 amide bonds. The van der Waals surface area contributed by atoms with Gasteiger partial charge in [-0.1, -0.05) is 30.3 Å². The highest BCUT2D eigenvalue weighted by molar-refractivity contribution is 6.20. The Morgan fingerprint density at radius 1 is 1.18 bits per heavy atom. The minimum absolute atomic E-state index is 0.134. The highest BCUT2D eigenvalue weighted by atomic mass is 19.1. The number of halogens is 1. The summed E-state index contributed by atoms with van der Waals surface area (Å²) >= 11 is 0. The fraction of sp³-hybridized carbons (Fsp3) is 0.333. The predicted octanol–water partition coefficient (Wildman–Crippen LogP) is 3.42. The zero-order valence-electron chi connectivity index (χ0n) is 18.9. The number of hydrogen-bond donors (Lipinski definition) is 1. The molecule has 1 aliphatic heterocycles. The molecule has 0 aromatic heterocycles. The molecule has 174 valence electrons. The van der Waals surface area contributed by atoms with E-state index in [1.165, 1.54) is 18.2 Å². The highest BCUT2D eigenvalue weighted by Gasteiger charge is 2.38. The van der Waals surface area contributed by atoms with Gasteiger partial charge in [0, 0.05) is 17.7 Å². The molecule has 1 heterocycles. The second-order valence-electron chi connectivity index (χ2n) is 8.21. The molecule has 0 saturated carbocycles. The summed E-state index contributed by atoms with van der Waals surface area (Å²) in [5, 5.41) is 2.44. The van der Waals surface area contributed by atoms with E-state index in [0.29, 0.717) is 17.5 Å². The molecule has 0 fully saturated rings. The summed E-state index contributed by atoms with van der Waals surface area (Å²) in [7, 11) is 0. The van der Waals surface area contributed by atoms with Crippen molar-refractivity contribution in [1.82, 2.24) is 5.32 Å². The number of carbonyl (C=O) groups is 3. The van der Waals surface area contributed by atoms with E-state index in [-0.39, 0.29) is 17.9 Å². The van der Waals surface area contributed by atoms with Gasteiger partial charge in [-0.25, -0.2) is 14.2 Å². The van der Waals surface area contributed by atoms with Crippen LogP contribution in [0.4, 0.5) is 14.9 Å². The van der Waals surface area contributed by atoms with E-state index in [0.717, 1.165) is 4.90 Å². The van der Waals surface area contributed by atoms with Crippen LogP contribution in [0, 0.1) is 5.82 Å². The van der Waals surface area contributed by atoms with E-state index in [9.17, 15) is 18.8 Å². The van der Waals surface area contributed by atoms with Gasteiger partial charge in [-0.3, -0.25) is 19.8 Å². The maximum atomic E-state index is 14.8. The molecule has 2 atom stereocenters. The Balaban J connectivity index is 2.19. The summed E-state index contributed by atoms with van der Waals surface area (Å²) in [6.45, 7) is 6.86. The van der Waals surface area contributed by atoms with Crippen molar-refractivity contribution in [2.45, 2.75) is 45.7 Å². The molecule has 0 bridgehead atoms. The Morgan fingerprint density at radius 2 is 1.82 bits per heavy atom. The quantitative estimate of drug-likeness (QED) is 0.673. The minimum Gasteiger partial charge on any atom is -0.444 e. The van der Waals surface area contributed by atoms with Gasteiger partial charge in [0.1, 0.15) is 11.4 Å². The Kier molecular flexibility index (Phi) is 7.23. The van der Waals surface area contributed by atoms with Gasteiger partial charge in [0.05, 0.1) is 11.4 Å². The number of aliphatic imine (C=N–C) groups is 1. The number of rotatable bonds is 6. The number of carbonyl (C=O) groups excluding carboxylic acids is 3. The summed E-state index contributed by atoms with van der Waals surface area (Å²) < 4.78 is 25.5. The number of ether oxygens (including phenoxy) is 2. The molecule has 0 saturated heterocycles. The van der Waals surface area contributed by atoms with Gasteiger partial charge < -0.3 is 9.47 Å². The molecule has 1 unspecified atom stereocenters. The van der Waals surface area contributed by atoms with E-state index in [1.807, 2.05) is 0 Å². The normalized spacial score (nSPS) is 16.9. The van der Waals surface area contributed by atoms with Gasteiger partial charge in [0.2, 0.25) is 6.17 Å². The van der Waals surface area contributed by atoms with Crippen LogP contribution in [0.3, 0.4) is 0 Å². The topological polar surface area (TPSA) is 97.3 Å². The molecule has 1 N–H and O–H groups in total. The molecular weight excluding hydrogens is 429 g/mol. The monoisotopic (exact) mass is 455 g/mol. The average molecular weight is 455 g/mol. The van der Waals surface area contributed by atoms with E-state index in [2.05, 4.69) is 10.3 Å². The first-order valence-corrected chi connectivity index (χ1v) is 10.5. The summed E-state index contributed by atoms with van der Waals surface area (Å²) in [5.41, 5.74) is 0.144. The van der Waals surface area contributed by atoms with Crippen LogP contribution in [0.15, 0.2) is 53.5 Å². The van der Waals surface area contributed by atoms with Crippen molar-refractivity contribution < 1.29 is 28.2 Å². The predicted molar refractivity (Wildman–Crippen MR) is 121 cm³/mol. The molecule has 8 nitrogen and oxygen atoms in total. The molecule has 1 aliphatic rings. The summed E-state index contributed by atoms with van der Waals surface area (Å²) in [4.78, 5) is 43.5. The van der Waals surface area contributed by atoms with Crippen molar-refractivity contribution in [3.63, 3.8) is 0 Å². The zero-order chi connectivity index (χ0) is 24.2. The lowest BCUT2D eigenvalue weighted by atomic mass is 9.99. The lowest BCUT2D eigenvalue weighted by Gasteiger charge is -2.30. The summed E-state index contributed by atoms with van der Waals surface area (Å²) in [5.74, 6) is -1.29. The van der Waals surface area contributed by atoms with Crippen LogP contribution in [-0.4, -0.2) is 48.6 Å². The van der Waals surface area contributed by atoms with Crippen molar-refractivity contribution >= 4 is 29.7 Å². The summed E-state index contributed by atoms with van der Waals surface area (Å²) in [6.07, 6.45) is -3.18. The number of nitrogens with one attached hydrogen (secondary N) is 1. The first-order valence-electron chi connectivity index (χ1n) is 10.5. The SMILES string of the molecule is CCOC(C=O)N1C(=O)[C@@H](NC(=O)OC(C)(C)C)N=C(c2ccccc2F)c2ccccc21. The van der Waals surface area contributed by atoms with Crippen molar-refractivity contribution in [3.05, 3.63) is 65.5 Å². The number of para-hydroxylation sites is 1. The van der Waals surface area contributed by atoms with E-state index >= 15 is 0 Å². The average Bonchev–Trinajstić information content (AvgIpc) is 2.86. The molecule has 0 aliphatic carbocycles. The van der Waals surface area contributed by atoms with Gasteiger partial charge >= 0.3 is 6.09 Å². The van der Waals surface area contributed by atoms with Crippen LogP contribution in [0.25, 0.3) is 0 Å². The largest absolute Gasteiger partial charge is 0.444 e. The van der Waals surface area contributed by atoms with Crippen LogP contribution >= 0.6 is 0 Å². The highest BCUT2D eigenvalue weighted by Crippen LogP contribution is 2.30. The van der Waals surface area contributed by atoms with E-state index < -0.39 is 35.8 Å². The molecule has 3 rings (SSSR count). The number of hydrogen-bond acceptors (Lipinski definition) is 6. The van der Waals surface area contributed by atoms with Crippen LogP contribution < -0.4 is 10.2 Å². The number of anilines is 1. The number of fused-ring (bicyclic) bond motifs is 1. The fourth-order valence-corrected chi connectivity index (χ4v) is 3.38. The van der Waals surface area contributed by atoms with Gasteiger partial charge in [0.15, 0.2) is 12.5 Å². The lowest BCUT2D eigenvalue weighted by molar-refractivity contribution is -0.128. The number of benzodiazepines with no additional fused rings is 1. The fourth-order valence-electron chi connectivity index (χ4n) is 3.38. The van der Waals surface area contributed by atoms with Crippen LogP contribution in [0.2, 0.25) is 0 Å². The number of amides is 2. The Morgan fingerprint density at radius 3 is 2.42 bits per heavy atom. The van der Waals surface area contributed by atoms with Gasteiger partial charge in [-0.2, -0.15) is 0 Å². The lowest BCUT2D eigenvalue weighted by Crippen LogP contribution is -2.53. The van der Waals surface area contributed by atoms with Crippen molar-refractivity contribution in [2.24, 2.45) is 4.99 Å². The van der Waals surface area contributed by atoms with E-state index in [4.69, 9.17) is 9.47 Å². The van der Waals surface area contributed by atoms with Crippen LogP contribution in [0.5, 0.6) is 0 Å². The smallest absolute Gasteiger partial charge is 0.409 e. The minimum atomic E-state index is -1.50. The summed E-state index contributed by atoms with van der Waals surface area (Å²) in [6, 6.07) is 12.6. The first kappa shape index (κ1) is 24.1. The number of nitrogens with zero attached hydrogens (tertiary/aromatic N) is 2. The standard InChI is InChI=1S/C24H26FN3O5/c1-5-32-19(14-29)28-18-13-9-7-11-16(18)20(15-10-6-8-12-17(15)25)26-21(22(28)30)27-23(31)33-24(2,3)4/h6-14,19,21H,5H2,1-4H3,(H,27,31)/t19?,21-/m1/s1. The van der Waals surface area contributed by atoms with Gasteiger partial charge in [-0.15, -0.1) is 0 Å². The van der Waals surface area contributed by atoms with E-state index in [1.54, 1.807) is 58.0 Å². The maximum absolute atomic E-state index is 14.8. The Bertz CT molecular complexity index is 1080. The molecule has 33 heavy (non-hydrogen) atoms. The molecule has 9 heteroatoms. The third-order valence-corrected chi connectivity index (χ3v) is 4.64. The van der Waals surface area contributed by atoms with Crippen molar-refractivity contribution in [2.75, 3.05) is 11.5 Å². The van der Waals surface area contributed by atoms with Gasteiger partial charge in [-0.05, 0) is 45.9 Å². The second-order valence-corrected chi connectivity index (χ2v) is 8.21. The van der Waals surface area contributed by atoms with Crippen LogP contribution in [0.1, 0.15) is 38.8 Å². The number of alkyl carbamates (subject to hydrolysis) is 1. The third-order valence-electron chi connectivity index (χ3n) is 4.64. The number of aldehydes is 1. The molecule has 2 aromatic carbocycles. The van der Waals surface area contributed by atoms with Crippen molar-refractivity contribution in [3.8, 4) is 0 Å². The second kappa shape index (κ2) is 9.91. The molecule has 0 spiro atoms. The van der Waals surface area contributed by atoms with Crippen molar-refractivity contribution in [1.29, 1.82) is 0 Å². The number of benzene rings is 2. The first-order chi connectivity index (χ1) is 15.7. The molecular formula is C24H26FN3O5. The van der Waals surface area contributed by atoms with Gasteiger partial charge in [0.25, 0.3) is 5.91 Å². The zero-order valence-corrected chi connectivity index (χ0v) is 18.9. The molecule has 2 aromatic rings. The molecule has 0 radical (unpaired) electrons. The Labute approximate surface area is 191 Å². The third kappa shape index (κ3) is 5.43. The maximum Gasteiger partial charge on any atom is 0.409 e. The van der Waals surface area contributed by atoms with Crippen LogP contribution in [-0.2, 0) is 19.1 Å².